The van der Waals surface area contributed by atoms with Gasteiger partial charge in [0.05, 0.1) is 23.9 Å². The molecule has 5 rings (SSSR count). The molecule has 278 valence electrons. The summed E-state index contributed by atoms with van der Waals surface area (Å²) in [6, 6.07) is 19.1. The van der Waals surface area contributed by atoms with Crippen molar-refractivity contribution in [1.82, 2.24) is 15.0 Å². The molecule has 2 aromatic heterocycles. The normalized spacial score (nSPS) is 11.9. The Hall–Kier alpha value is -5.52. The number of H-pyrrole nitrogens is 1. The van der Waals surface area contributed by atoms with Gasteiger partial charge in [-0.1, -0.05) is 31.2 Å². The Morgan fingerprint density at radius 2 is 1.54 bits per heavy atom. The number of nitrogen functional groups attached to an aromatic ring is 2. The van der Waals surface area contributed by atoms with Gasteiger partial charge in [0, 0.05) is 33.3 Å². The number of nitrogens with one attached hydrogen (secondary N) is 1. The van der Waals surface area contributed by atoms with E-state index in [1.54, 1.807) is 23.9 Å². The number of aliphatic carboxylic acids is 2. The second-order valence-corrected chi connectivity index (χ2v) is 11.5. The van der Waals surface area contributed by atoms with E-state index < -0.39 is 36.0 Å². The van der Waals surface area contributed by atoms with Crippen LogP contribution in [-0.4, -0.2) is 62.3 Å². The number of anilines is 2. The van der Waals surface area contributed by atoms with Gasteiger partial charge in [0.1, 0.15) is 11.6 Å². The third-order valence-electron chi connectivity index (χ3n) is 7.09. The first kappa shape index (κ1) is 40.9. The van der Waals surface area contributed by atoms with Gasteiger partial charge >= 0.3 is 24.3 Å². The lowest BCUT2D eigenvalue weighted by molar-refractivity contribution is -0.193. The summed E-state index contributed by atoms with van der Waals surface area (Å²) >= 11 is 1.65. The van der Waals surface area contributed by atoms with Gasteiger partial charge in [0.25, 0.3) is 0 Å². The van der Waals surface area contributed by atoms with Gasteiger partial charge in [-0.25, -0.2) is 23.9 Å². The molecule has 0 aliphatic rings. The zero-order valence-electron chi connectivity index (χ0n) is 27.6. The molecule has 2 heterocycles. The quantitative estimate of drug-likeness (QED) is 0.0591. The minimum Gasteiger partial charge on any atom is -0.491 e. The smallest absolute Gasteiger partial charge is 0.490 e. The Morgan fingerprint density at radius 3 is 2.10 bits per heavy atom. The van der Waals surface area contributed by atoms with Crippen LogP contribution < -0.4 is 16.2 Å². The topological polar surface area (TPSA) is 177 Å². The Balaban J connectivity index is 0.000000441. The van der Waals surface area contributed by atoms with Crippen LogP contribution in [0.3, 0.4) is 0 Å². The van der Waals surface area contributed by atoms with Crippen molar-refractivity contribution in [1.29, 1.82) is 0 Å². The van der Waals surface area contributed by atoms with Crippen molar-refractivity contribution in [3.8, 4) is 17.0 Å². The molecule has 5 aromatic rings. The third-order valence-corrected chi connectivity index (χ3v) is 7.88. The molecule has 1 atom stereocenters. The number of thioether (sulfide) groups is 1. The molecule has 7 N–H and O–H groups in total. The number of aromatic nitrogens is 3. The zero-order chi connectivity index (χ0) is 39.0. The highest BCUT2D eigenvalue weighted by Crippen LogP contribution is 2.39. The fraction of sp³-hybridized carbons (Fsp3) is 0.235. The number of carboxylic acids is 2. The summed E-state index contributed by atoms with van der Waals surface area (Å²) < 4.78 is 85.2. The summed E-state index contributed by atoms with van der Waals surface area (Å²) in [5.41, 5.74) is 16.8. The number of carboxylic acid groups (broad SMARTS) is 2. The van der Waals surface area contributed by atoms with Crippen molar-refractivity contribution in [3.05, 3.63) is 95.3 Å². The van der Waals surface area contributed by atoms with E-state index in [9.17, 15) is 26.3 Å². The fourth-order valence-corrected chi connectivity index (χ4v) is 5.36. The molecular weight excluding hydrogens is 723 g/mol. The molecular formula is C34H32F7N5O5S. The summed E-state index contributed by atoms with van der Waals surface area (Å²) in [5.74, 6) is -5.50. The Labute approximate surface area is 296 Å². The number of ether oxygens (including phenoxy) is 1. The van der Waals surface area contributed by atoms with Crippen molar-refractivity contribution in [3.63, 3.8) is 0 Å². The molecule has 0 aliphatic heterocycles. The van der Waals surface area contributed by atoms with Crippen molar-refractivity contribution in [2.75, 3.05) is 24.3 Å². The number of nitrogens with zero attached hydrogens (tertiary/aromatic N) is 2. The molecule has 0 spiro atoms. The number of carbonyl (C=O) groups is 2. The monoisotopic (exact) mass is 755 g/mol. The number of aryl methyl sites for hydroxylation is 1. The fourth-order valence-electron chi connectivity index (χ4n) is 4.75. The lowest BCUT2D eigenvalue weighted by Gasteiger charge is -2.20. The van der Waals surface area contributed by atoms with Gasteiger partial charge in [-0.05, 0) is 66.9 Å². The predicted molar refractivity (Wildman–Crippen MR) is 182 cm³/mol. The predicted octanol–water partition coefficient (Wildman–Crippen LogP) is 8.06. The lowest BCUT2D eigenvalue weighted by atomic mass is 9.90. The second-order valence-electron chi connectivity index (χ2n) is 10.6. The highest BCUT2D eigenvalue weighted by molar-refractivity contribution is 7.98. The van der Waals surface area contributed by atoms with E-state index >= 15 is 4.39 Å². The Kier molecular flexibility index (Phi) is 13.5. The number of aromatic amines is 1. The van der Waals surface area contributed by atoms with Crippen molar-refractivity contribution < 1.29 is 55.3 Å². The highest BCUT2D eigenvalue weighted by Gasteiger charge is 2.39. The molecule has 1 unspecified atom stereocenters. The van der Waals surface area contributed by atoms with Crippen LogP contribution in [0.25, 0.3) is 22.0 Å². The molecule has 18 heteroatoms. The number of nitrogens with two attached hydrogens (primary N) is 2. The SMILES string of the molecule is CCOc1cc(CC)cc(C(c2cc3cc(N)ccc3c(N)n2)c2nc(-c3ccccc3SC)c[nH]2)c1F.O=C(O)C(F)(F)F.O=C(O)C(F)(F)F. The zero-order valence-corrected chi connectivity index (χ0v) is 28.4. The summed E-state index contributed by atoms with van der Waals surface area (Å²) in [6.45, 7) is 4.22. The minimum atomic E-state index is -5.08. The van der Waals surface area contributed by atoms with E-state index in [-0.39, 0.29) is 5.75 Å². The minimum absolute atomic E-state index is 0.212. The van der Waals surface area contributed by atoms with Crippen LogP contribution in [0, 0.1) is 5.82 Å². The first-order valence-corrected chi connectivity index (χ1v) is 16.2. The van der Waals surface area contributed by atoms with E-state index in [1.165, 1.54) is 0 Å². The lowest BCUT2D eigenvalue weighted by Crippen LogP contribution is -2.21. The van der Waals surface area contributed by atoms with Gasteiger partial charge in [0.2, 0.25) is 0 Å². The van der Waals surface area contributed by atoms with E-state index in [1.807, 2.05) is 68.8 Å². The molecule has 0 radical (unpaired) electrons. The van der Waals surface area contributed by atoms with Crippen LogP contribution in [-0.2, 0) is 16.0 Å². The van der Waals surface area contributed by atoms with Gasteiger partial charge in [0.15, 0.2) is 11.6 Å². The first-order chi connectivity index (χ1) is 24.3. The van der Waals surface area contributed by atoms with Crippen molar-refractivity contribution in [2.24, 2.45) is 0 Å². The Bertz CT molecular complexity index is 2010. The van der Waals surface area contributed by atoms with Crippen LogP contribution in [0.5, 0.6) is 5.75 Å². The summed E-state index contributed by atoms with van der Waals surface area (Å²) in [7, 11) is 0. The number of benzene rings is 3. The van der Waals surface area contributed by atoms with E-state index in [0.717, 1.165) is 32.5 Å². The molecule has 0 fully saturated rings. The number of alkyl halides is 6. The molecule has 52 heavy (non-hydrogen) atoms. The average molecular weight is 756 g/mol. The molecule has 3 aromatic carbocycles. The molecule has 0 aliphatic carbocycles. The maximum Gasteiger partial charge on any atom is 0.490 e. The van der Waals surface area contributed by atoms with Crippen LogP contribution in [0.15, 0.2) is 71.8 Å². The molecule has 0 amide bonds. The summed E-state index contributed by atoms with van der Waals surface area (Å²) in [5, 5.41) is 15.9. The van der Waals surface area contributed by atoms with E-state index in [0.29, 0.717) is 41.6 Å². The average Bonchev–Trinajstić information content (AvgIpc) is 3.55. The number of pyridine rings is 1. The van der Waals surface area contributed by atoms with Crippen LogP contribution in [0.2, 0.25) is 0 Å². The molecule has 0 saturated heterocycles. The van der Waals surface area contributed by atoms with E-state index in [4.69, 9.17) is 46.0 Å². The van der Waals surface area contributed by atoms with Gasteiger partial charge < -0.3 is 31.4 Å². The number of halogens is 7. The van der Waals surface area contributed by atoms with Crippen LogP contribution >= 0.6 is 11.8 Å². The number of imidazole rings is 1. The largest absolute Gasteiger partial charge is 0.491 e. The first-order valence-electron chi connectivity index (χ1n) is 15.0. The van der Waals surface area contributed by atoms with Crippen LogP contribution in [0.4, 0.5) is 42.2 Å². The highest BCUT2D eigenvalue weighted by atomic mass is 32.2. The Morgan fingerprint density at radius 1 is 0.923 bits per heavy atom. The number of fused-ring (bicyclic) bond motifs is 1. The van der Waals surface area contributed by atoms with E-state index in [2.05, 4.69) is 11.1 Å². The molecule has 10 nitrogen and oxygen atoms in total. The maximum absolute atomic E-state index is 16.1. The summed E-state index contributed by atoms with van der Waals surface area (Å²) in [4.78, 5) is 31.9. The van der Waals surface area contributed by atoms with Crippen molar-refractivity contribution in [2.45, 2.75) is 43.4 Å². The third kappa shape index (κ3) is 10.3. The maximum atomic E-state index is 16.1. The number of rotatable bonds is 8. The number of hydrogen-bond acceptors (Lipinski definition) is 8. The molecule has 0 bridgehead atoms. The molecule has 0 saturated carbocycles. The van der Waals surface area contributed by atoms with Crippen LogP contribution in [0.1, 0.15) is 42.4 Å². The van der Waals surface area contributed by atoms with Gasteiger partial charge in [-0.2, -0.15) is 26.3 Å². The van der Waals surface area contributed by atoms with Crippen molar-refractivity contribution >= 4 is 46.0 Å². The number of hydrogen-bond donors (Lipinski definition) is 5. The summed E-state index contributed by atoms with van der Waals surface area (Å²) in [6.07, 6.45) is -5.57. The standard InChI is InChI=1S/C30H30FN5OS.2C2HF3O2/c1-4-17-12-22(28(31)25(13-17)37-5-2)27(23-15-18-14-19(32)10-11-20(18)29(33)35-23)30-34-16-24(36-30)21-8-6-7-9-26(21)38-3;2*3-2(4,5)1(6)7/h6-16,27H,4-5,32H2,1-3H3,(H2,33,35)(H,34,36);2*(H,6,7). The second kappa shape index (κ2) is 17.1. The van der Waals surface area contributed by atoms with Gasteiger partial charge in [-0.3, -0.25) is 0 Å². The van der Waals surface area contributed by atoms with Gasteiger partial charge in [-0.15, -0.1) is 11.8 Å².